The molecule has 0 saturated carbocycles. The number of rotatable bonds is 3. The maximum absolute atomic E-state index is 12.6. The van der Waals surface area contributed by atoms with Gasteiger partial charge in [0.2, 0.25) is 0 Å². The van der Waals surface area contributed by atoms with Gasteiger partial charge in [-0.1, -0.05) is 60.7 Å². The van der Waals surface area contributed by atoms with E-state index in [1.807, 2.05) is 65.6 Å². The first-order chi connectivity index (χ1) is 12.2. The lowest BCUT2D eigenvalue weighted by Gasteiger charge is -2.43. The highest BCUT2D eigenvalue weighted by atomic mass is 16.6. The van der Waals surface area contributed by atoms with Crippen LogP contribution in [0.4, 0.5) is 4.79 Å². The largest absolute Gasteiger partial charge is 0.445 e. The van der Waals surface area contributed by atoms with E-state index in [0.29, 0.717) is 19.4 Å². The van der Waals surface area contributed by atoms with Gasteiger partial charge in [0, 0.05) is 24.9 Å². The number of hydrogen-bond acceptors (Lipinski definition) is 3. The van der Waals surface area contributed by atoms with Crippen LogP contribution < -0.4 is 0 Å². The highest BCUT2D eigenvalue weighted by Crippen LogP contribution is 2.45. The molecule has 4 rings (SSSR count). The molecule has 25 heavy (non-hydrogen) atoms. The fourth-order valence-corrected chi connectivity index (χ4v) is 4.30. The SMILES string of the molecule is O=C(OCc1ccccc1)N1C2CCC1CC(O)(c1ccccc1)C2. The number of carbonyl (C=O) groups is 1. The molecule has 2 aliphatic heterocycles. The van der Waals surface area contributed by atoms with Gasteiger partial charge in [-0.05, 0) is 24.0 Å². The first-order valence-corrected chi connectivity index (χ1v) is 8.93. The van der Waals surface area contributed by atoms with E-state index in [1.165, 1.54) is 0 Å². The van der Waals surface area contributed by atoms with E-state index in [-0.39, 0.29) is 18.2 Å². The minimum absolute atomic E-state index is 0.0484. The third-order valence-electron chi connectivity index (χ3n) is 5.49. The van der Waals surface area contributed by atoms with Crippen LogP contribution >= 0.6 is 0 Å². The van der Waals surface area contributed by atoms with E-state index in [9.17, 15) is 9.90 Å². The molecule has 2 bridgehead atoms. The first kappa shape index (κ1) is 16.2. The normalized spacial score (nSPS) is 28.0. The van der Waals surface area contributed by atoms with Crippen LogP contribution in [0, 0.1) is 0 Å². The summed E-state index contributed by atoms with van der Waals surface area (Å²) in [5.41, 5.74) is 1.09. The highest BCUT2D eigenvalue weighted by molar-refractivity contribution is 5.69. The van der Waals surface area contributed by atoms with Crippen molar-refractivity contribution in [2.24, 2.45) is 0 Å². The number of carbonyl (C=O) groups excluding carboxylic acids is 1. The molecule has 2 fully saturated rings. The van der Waals surface area contributed by atoms with Gasteiger partial charge in [0.1, 0.15) is 6.61 Å². The summed E-state index contributed by atoms with van der Waals surface area (Å²) in [6, 6.07) is 19.6. The van der Waals surface area contributed by atoms with E-state index in [0.717, 1.165) is 24.0 Å². The average Bonchev–Trinajstić information content (AvgIpc) is 2.93. The Morgan fingerprint density at radius 1 is 1.00 bits per heavy atom. The summed E-state index contributed by atoms with van der Waals surface area (Å²) in [5, 5.41) is 11.2. The third kappa shape index (κ3) is 3.14. The van der Waals surface area contributed by atoms with Gasteiger partial charge in [-0.15, -0.1) is 0 Å². The van der Waals surface area contributed by atoms with Crippen LogP contribution in [0.3, 0.4) is 0 Å². The Hall–Kier alpha value is -2.33. The number of nitrogens with zero attached hydrogens (tertiary/aromatic N) is 1. The van der Waals surface area contributed by atoms with Crippen LogP contribution in [0.5, 0.6) is 0 Å². The number of piperidine rings is 1. The molecule has 0 aliphatic carbocycles. The standard InChI is InChI=1S/C21H23NO3/c23-20(25-15-16-7-3-1-4-8-16)22-18-11-12-19(22)14-21(24,13-18)17-9-5-2-6-10-17/h1-10,18-19,24H,11-15H2. The second kappa shape index (κ2) is 6.52. The lowest BCUT2D eigenvalue weighted by Crippen LogP contribution is -2.52. The van der Waals surface area contributed by atoms with Crippen LogP contribution in [-0.2, 0) is 16.9 Å². The lowest BCUT2D eigenvalue weighted by atomic mass is 9.81. The molecule has 2 aliphatic rings. The van der Waals surface area contributed by atoms with Gasteiger partial charge in [0.25, 0.3) is 0 Å². The molecular formula is C21H23NO3. The Kier molecular flexibility index (Phi) is 4.22. The molecule has 2 aromatic rings. The van der Waals surface area contributed by atoms with E-state index in [1.54, 1.807) is 0 Å². The van der Waals surface area contributed by atoms with Crippen LogP contribution in [0.15, 0.2) is 60.7 Å². The predicted octanol–water partition coefficient (Wildman–Crippen LogP) is 3.84. The summed E-state index contributed by atoms with van der Waals surface area (Å²) in [6.07, 6.45) is 2.76. The van der Waals surface area contributed by atoms with Crippen LogP contribution in [0.2, 0.25) is 0 Å². The Labute approximate surface area is 148 Å². The van der Waals surface area contributed by atoms with Crippen molar-refractivity contribution in [3.05, 3.63) is 71.8 Å². The summed E-state index contributed by atoms with van der Waals surface area (Å²) in [4.78, 5) is 14.5. The summed E-state index contributed by atoms with van der Waals surface area (Å²) in [5.74, 6) is 0. The Morgan fingerprint density at radius 2 is 1.56 bits per heavy atom. The minimum atomic E-state index is -0.844. The Bertz CT molecular complexity index is 717. The van der Waals surface area contributed by atoms with Crippen molar-refractivity contribution >= 4 is 6.09 Å². The fourth-order valence-electron chi connectivity index (χ4n) is 4.30. The Balaban J connectivity index is 1.44. The molecule has 1 N–H and O–H groups in total. The molecule has 130 valence electrons. The summed E-state index contributed by atoms with van der Waals surface area (Å²) in [6.45, 7) is 0.290. The van der Waals surface area contributed by atoms with Gasteiger partial charge in [0.15, 0.2) is 0 Å². The quantitative estimate of drug-likeness (QED) is 0.926. The zero-order valence-electron chi connectivity index (χ0n) is 14.2. The van der Waals surface area contributed by atoms with Crippen LogP contribution in [0.1, 0.15) is 36.8 Å². The lowest BCUT2D eigenvalue weighted by molar-refractivity contribution is -0.0536. The van der Waals surface area contributed by atoms with Crippen molar-refractivity contribution < 1.29 is 14.6 Å². The smallest absolute Gasteiger partial charge is 0.410 e. The van der Waals surface area contributed by atoms with E-state index >= 15 is 0 Å². The molecule has 0 radical (unpaired) electrons. The number of ether oxygens (including phenoxy) is 1. The third-order valence-corrected chi connectivity index (χ3v) is 5.49. The summed E-state index contributed by atoms with van der Waals surface area (Å²) in [7, 11) is 0. The van der Waals surface area contributed by atoms with E-state index in [4.69, 9.17) is 4.74 Å². The first-order valence-electron chi connectivity index (χ1n) is 8.93. The monoisotopic (exact) mass is 337 g/mol. The summed E-state index contributed by atoms with van der Waals surface area (Å²) < 4.78 is 5.53. The van der Waals surface area contributed by atoms with Crippen molar-refractivity contribution in [3.8, 4) is 0 Å². The zero-order valence-corrected chi connectivity index (χ0v) is 14.2. The van der Waals surface area contributed by atoms with Crippen LogP contribution in [0.25, 0.3) is 0 Å². The maximum atomic E-state index is 12.6. The van der Waals surface area contributed by atoms with Gasteiger partial charge in [-0.25, -0.2) is 4.79 Å². The number of hydrogen-bond donors (Lipinski definition) is 1. The van der Waals surface area contributed by atoms with Gasteiger partial charge in [-0.3, -0.25) is 0 Å². The maximum Gasteiger partial charge on any atom is 0.410 e. The second-order valence-corrected chi connectivity index (χ2v) is 7.14. The van der Waals surface area contributed by atoms with Crippen molar-refractivity contribution in [3.63, 3.8) is 0 Å². The number of benzene rings is 2. The molecule has 4 nitrogen and oxygen atoms in total. The molecule has 1 amide bonds. The van der Waals surface area contributed by atoms with Gasteiger partial charge in [0.05, 0.1) is 5.60 Å². The van der Waals surface area contributed by atoms with Crippen molar-refractivity contribution in [2.45, 2.75) is 50.0 Å². The number of aliphatic hydroxyl groups is 1. The van der Waals surface area contributed by atoms with Crippen molar-refractivity contribution in [2.75, 3.05) is 0 Å². The molecular weight excluding hydrogens is 314 g/mol. The molecule has 0 aromatic heterocycles. The average molecular weight is 337 g/mol. The second-order valence-electron chi connectivity index (χ2n) is 7.14. The minimum Gasteiger partial charge on any atom is -0.445 e. The zero-order chi connectivity index (χ0) is 17.3. The fraction of sp³-hybridized carbons (Fsp3) is 0.381. The Morgan fingerprint density at radius 3 is 2.16 bits per heavy atom. The van der Waals surface area contributed by atoms with Crippen LogP contribution in [-0.4, -0.2) is 28.2 Å². The van der Waals surface area contributed by atoms with E-state index in [2.05, 4.69) is 0 Å². The topological polar surface area (TPSA) is 49.8 Å². The number of amides is 1. The predicted molar refractivity (Wildman–Crippen MR) is 94.8 cm³/mol. The van der Waals surface area contributed by atoms with Gasteiger partial charge in [-0.2, -0.15) is 0 Å². The van der Waals surface area contributed by atoms with E-state index < -0.39 is 5.60 Å². The van der Waals surface area contributed by atoms with Gasteiger partial charge < -0.3 is 14.7 Å². The molecule has 2 atom stereocenters. The van der Waals surface area contributed by atoms with Crippen molar-refractivity contribution in [1.82, 2.24) is 4.90 Å². The van der Waals surface area contributed by atoms with Gasteiger partial charge >= 0.3 is 6.09 Å². The number of fused-ring (bicyclic) bond motifs is 2. The molecule has 2 heterocycles. The molecule has 2 aromatic carbocycles. The molecule has 0 spiro atoms. The molecule has 4 heteroatoms. The van der Waals surface area contributed by atoms with Crippen molar-refractivity contribution in [1.29, 1.82) is 0 Å². The molecule has 2 saturated heterocycles. The molecule has 2 unspecified atom stereocenters. The highest BCUT2D eigenvalue weighted by Gasteiger charge is 2.50. The summed E-state index contributed by atoms with van der Waals surface area (Å²) >= 11 is 0.